The predicted molar refractivity (Wildman–Crippen MR) is 166 cm³/mol. The Morgan fingerprint density at radius 2 is 1.80 bits per heavy atom. The van der Waals surface area contributed by atoms with Crippen molar-refractivity contribution in [3.05, 3.63) is 84.3 Å². The van der Waals surface area contributed by atoms with Gasteiger partial charge in [0.1, 0.15) is 0 Å². The van der Waals surface area contributed by atoms with Crippen molar-refractivity contribution in [3.8, 4) is 0 Å². The number of nitrogens with one attached hydrogen (secondary N) is 1. The van der Waals surface area contributed by atoms with E-state index >= 15 is 0 Å². The third kappa shape index (κ3) is 3.98. The number of aromatic nitrogens is 2. The molecule has 3 bridgehead atoms. The molecular weight excluding hydrogens is 488 g/mol. The number of hydrogen-bond acceptors (Lipinski definition) is 3. The molecule has 5 aliphatic rings. The van der Waals surface area contributed by atoms with Crippen LogP contribution in [0.15, 0.2) is 78.6 Å². The predicted octanol–water partition coefficient (Wildman–Crippen LogP) is 7.66. The Balaban J connectivity index is 1.34. The highest BCUT2D eigenvalue weighted by Crippen LogP contribution is 2.60. The van der Waals surface area contributed by atoms with Gasteiger partial charge in [-0.25, -0.2) is 0 Å². The lowest BCUT2D eigenvalue weighted by atomic mass is 9.57. The summed E-state index contributed by atoms with van der Waals surface area (Å²) in [6.45, 7) is 4.88. The van der Waals surface area contributed by atoms with Crippen LogP contribution in [-0.4, -0.2) is 58.0 Å². The molecule has 2 fully saturated rings. The van der Waals surface area contributed by atoms with E-state index in [4.69, 9.17) is 4.98 Å². The summed E-state index contributed by atoms with van der Waals surface area (Å²) in [5, 5.41) is 2.60. The van der Waals surface area contributed by atoms with Gasteiger partial charge in [0.05, 0.1) is 11.2 Å². The second-order valence-electron chi connectivity index (χ2n) is 12.9. The van der Waals surface area contributed by atoms with Crippen LogP contribution in [0.25, 0.3) is 27.4 Å². The first-order valence-corrected chi connectivity index (χ1v) is 15.9. The van der Waals surface area contributed by atoms with E-state index in [-0.39, 0.29) is 5.41 Å². The number of piperidine rings is 1. The Morgan fingerprint density at radius 3 is 2.77 bits per heavy atom. The highest BCUT2D eigenvalue weighted by Gasteiger charge is 2.60. The minimum absolute atomic E-state index is 0.223. The standard InChI is InChI=1S/C36H42N4/c1-2-5-11-20-39-22-18-31-30(33-34-29(17-19-37-33)28-15-9-10-16-32(28)38-34)23-26(13-7-3-1)35-36(31,25-39)24-27-14-8-4-6-12-21-40(27)35/h1,3,8-10,13-17,19,23,27,31,35,38H,2,4-7,11-12,18,20-22,24-25H2/b3-1-,14-8-,26-13-/t27-,31-,35-,36-/m0/s1. The molecule has 1 aromatic carbocycles. The van der Waals surface area contributed by atoms with Crippen molar-refractivity contribution in [2.75, 3.05) is 26.2 Å². The molecule has 2 saturated heterocycles. The quantitative estimate of drug-likeness (QED) is 0.328. The largest absolute Gasteiger partial charge is 0.353 e. The maximum absolute atomic E-state index is 5.16. The Hall–Kier alpha value is -2.95. The average molecular weight is 531 g/mol. The minimum Gasteiger partial charge on any atom is -0.353 e. The van der Waals surface area contributed by atoms with Crippen LogP contribution in [0, 0.1) is 11.3 Å². The van der Waals surface area contributed by atoms with Crippen LogP contribution in [0.4, 0.5) is 0 Å². The van der Waals surface area contributed by atoms with E-state index in [0.29, 0.717) is 18.0 Å². The number of pyridine rings is 1. The van der Waals surface area contributed by atoms with Crippen molar-refractivity contribution in [3.63, 3.8) is 0 Å². The van der Waals surface area contributed by atoms with Gasteiger partial charge in [-0.3, -0.25) is 9.88 Å². The molecule has 1 unspecified atom stereocenters. The first-order valence-electron chi connectivity index (χ1n) is 15.9. The van der Waals surface area contributed by atoms with Crippen molar-refractivity contribution in [2.24, 2.45) is 11.3 Å². The number of hydrogen-bond donors (Lipinski definition) is 1. The van der Waals surface area contributed by atoms with Crippen LogP contribution >= 0.6 is 0 Å². The molecule has 1 spiro atoms. The Bertz CT molecular complexity index is 1540. The highest BCUT2D eigenvalue weighted by molar-refractivity contribution is 6.10. The van der Waals surface area contributed by atoms with Crippen LogP contribution in [0.5, 0.6) is 0 Å². The van der Waals surface area contributed by atoms with Gasteiger partial charge in [0.2, 0.25) is 0 Å². The summed E-state index contributed by atoms with van der Waals surface area (Å²) in [6, 6.07) is 12.0. The van der Waals surface area contributed by atoms with Crippen LogP contribution < -0.4 is 0 Å². The second-order valence-corrected chi connectivity index (χ2v) is 12.9. The molecule has 1 N–H and O–H groups in total. The lowest BCUT2D eigenvalue weighted by Crippen LogP contribution is -2.57. The van der Waals surface area contributed by atoms with Gasteiger partial charge in [0.15, 0.2) is 0 Å². The molecule has 4 aliphatic heterocycles. The third-order valence-electron chi connectivity index (χ3n) is 10.7. The van der Waals surface area contributed by atoms with Crippen LogP contribution in [0.1, 0.15) is 63.5 Å². The second kappa shape index (κ2) is 10.2. The average Bonchev–Trinajstić information content (AvgIpc) is 3.48. The minimum atomic E-state index is 0.223. The molecule has 8 rings (SSSR count). The van der Waals surface area contributed by atoms with Crippen LogP contribution in [0.2, 0.25) is 0 Å². The van der Waals surface area contributed by atoms with Gasteiger partial charge in [-0.15, -0.1) is 0 Å². The fourth-order valence-corrected chi connectivity index (χ4v) is 9.06. The van der Waals surface area contributed by atoms with E-state index in [9.17, 15) is 0 Å². The number of rotatable bonds is 1. The van der Waals surface area contributed by atoms with Gasteiger partial charge in [-0.1, -0.05) is 54.7 Å². The van der Waals surface area contributed by atoms with E-state index in [2.05, 4.69) is 87.8 Å². The number of fused-ring (bicyclic) bond motifs is 5. The molecule has 3 aromatic rings. The van der Waals surface area contributed by atoms with E-state index in [1.807, 2.05) is 0 Å². The van der Waals surface area contributed by atoms with Crippen molar-refractivity contribution in [1.29, 1.82) is 0 Å². The van der Waals surface area contributed by atoms with E-state index < -0.39 is 0 Å². The molecule has 206 valence electrons. The third-order valence-corrected chi connectivity index (χ3v) is 10.7. The molecule has 1 aliphatic carbocycles. The molecule has 0 amide bonds. The molecule has 4 heteroatoms. The number of nitrogens with zero attached hydrogens (tertiary/aromatic N) is 3. The maximum Gasteiger partial charge on any atom is 0.0905 e. The Morgan fingerprint density at radius 1 is 0.900 bits per heavy atom. The first-order chi connectivity index (χ1) is 19.8. The van der Waals surface area contributed by atoms with Gasteiger partial charge in [0.25, 0.3) is 0 Å². The molecule has 0 radical (unpaired) electrons. The van der Waals surface area contributed by atoms with E-state index in [0.717, 1.165) is 6.42 Å². The van der Waals surface area contributed by atoms with Crippen molar-refractivity contribution >= 4 is 27.4 Å². The molecule has 6 heterocycles. The highest BCUT2D eigenvalue weighted by atomic mass is 15.3. The van der Waals surface area contributed by atoms with Gasteiger partial charge in [-0.2, -0.15) is 0 Å². The monoisotopic (exact) mass is 530 g/mol. The van der Waals surface area contributed by atoms with Gasteiger partial charge in [0, 0.05) is 46.5 Å². The van der Waals surface area contributed by atoms with E-state index in [1.54, 1.807) is 5.57 Å². The van der Waals surface area contributed by atoms with Crippen molar-refractivity contribution in [1.82, 2.24) is 19.8 Å². The summed E-state index contributed by atoms with van der Waals surface area (Å²) in [6.07, 6.45) is 28.3. The van der Waals surface area contributed by atoms with Crippen LogP contribution in [0.3, 0.4) is 0 Å². The lowest BCUT2D eigenvalue weighted by Gasteiger charge is -2.54. The number of para-hydroxylation sites is 1. The summed E-state index contributed by atoms with van der Waals surface area (Å²) in [7, 11) is 0. The fourth-order valence-electron chi connectivity index (χ4n) is 9.06. The molecule has 4 nitrogen and oxygen atoms in total. The molecule has 2 aromatic heterocycles. The number of allylic oxidation sites excluding steroid dienone is 5. The topological polar surface area (TPSA) is 35.2 Å². The summed E-state index contributed by atoms with van der Waals surface area (Å²) in [4.78, 5) is 14.7. The van der Waals surface area contributed by atoms with Gasteiger partial charge in [-0.05, 0) is 107 Å². The zero-order valence-electron chi connectivity index (χ0n) is 23.7. The lowest BCUT2D eigenvalue weighted by molar-refractivity contribution is 0.0287. The SMILES string of the molecule is C1=C(c2nccc3c2[nH]c2ccccc23)[C@@H]2CCN3CCCC/C=C\C/C=C/1[C@@H]1N4CCCC/C=C\[C@H]4C[C@@]12C3. The summed E-state index contributed by atoms with van der Waals surface area (Å²) >= 11 is 0. The smallest absolute Gasteiger partial charge is 0.0905 e. The zero-order valence-corrected chi connectivity index (χ0v) is 23.7. The molecule has 40 heavy (non-hydrogen) atoms. The van der Waals surface area contributed by atoms with Crippen LogP contribution in [-0.2, 0) is 0 Å². The van der Waals surface area contributed by atoms with Crippen molar-refractivity contribution < 1.29 is 0 Å². The summed E-state index contributed by atoms with van der Waals surface area (Å²) < 4.78 is 0. The Kier molecular flexibility index (Phi) is 6.30. The molecular formula is C36H42N4. The summed E-state index contributed by atoms with van der Waals surface area (Å²) in [5.74, 6) is 0.526. The molecule has 5 atom stereocenters. The Labute approximate surface area is 238 Å². The summed E-state index contributed by atoms with van der Waals surface area (Å²) in [5.41, 5.74) is 6.86. The van der Waals surface area contributed by atoms with Gasteiger partial charge < -0.3 is 9.88 Å². The zero-order chi connectivity index (χ0) is 26.5. The number of benzene rings is 1. The normalized spacial score (nSPS) is 35.7. The fraction of sp³-hybridized carbons (Fsp3) is 0.472. The maximum atomic E-state index is 5.16. The van der Waals surface area contributed by atoms with Gasteiger partial charge >= 0.3 is 0 Å². The van der Waals surface area contributed by atoms with E-state index in [1.165, 1.54) is 111 Å². The first kappa shape index (κ1) is 24.8. The van der Waals surface area contributed by atoms with Crippen molar-refractivity contribution in [2.45, 2.75) is 69.9 Å². The molecule has 0 saturated carbocycles. The number of aromatic amines is 1. The number of H-pyrrole nitrogens is 1.